The molecule has 0 aliphatic carbocycles. The molecule has 0 amide bonds. The van der Waals surface area contributed by atoms with Crippen LogP contribution in [0, 0.1) is 5.92 Å². The zero-order chi connectivity index (χ0) is 9.02. The molecule has 5 heteroatoms. The Kier molecular flexibility index (Phi) is 3.23. The molecule has 0 saturated heterocycles. The lowest BCUT2D eigenvalue weighted by Crippen LogP contribution is -2.23. The van der Waals surface area contributed by atoms with Gasteiger partial charge in [0.2, 0.25) is 5.78 Å². The van der Waals surface area contributed by atoms with Crippen molar-refractivity contribution in [2.75, 3.05) is 0 Å². The number of carbonyl (C=O) groups is 3. The van der Waals surface area contributed by atoms with Crippen LogP contribution in [0.1, 0.15) is 13.3 Å². The first-order valence-electron chi connectivity index (χ1n) is 2.94. The van der Waals surface area contributed by atoms with Gasteiger partial charge < -0.3 is 10.2 Å². The molecule has 2 N–H and O–H groups in total. The lowest BCUT2D eigenvalue weighted by atomic mass is 10.0. The molecule has 0 rings (SSSR count). The van der Waals surface area contributed by atoms with E-state index in [-0.39, 0.29) is 0 Å². The number of hydrogen-bond acceptors (Lipinski definition) is 3. The first-order chi connectivity index (χ1) is 4.95. The van der Waals surface area contributed by atoms with Crippen molar-refractivity contribution in [1.29, 1.82) is 0 Å². The van der Waals surface area contributed by atoms with Crippen molar-refractivity contribution >= 4 is 17.7 Å². The van der Waals surface area contributed by atoms with Crippen LogP contribution >= 0.6 is 0 Å². The zero-order valence-electron chi connectivity index (χ0n) is 5.90. The maximum absolute atomic E-state index is 10.5. The zero-order valence-corrected chi connectivity index (χ0v) is 5.90. The number of Topliss-reactive ketones (excluding diaryl/α,β-unsaturated/α-hetero) is 1. The van der Waals surface area contributed by atoms with E-state index < -0.39 is 30.1 Å². The molecule has 62 valence electrons. The maximum Gasteiger partial charge on any atom is 0.372 e. The fourth-order valence-corrected chi connectivity index (χ4v) is 0.565. The fraction of sp³-hybridized carbons (Fsp3) is 0.500. The summed E-state index contributed by atoms with van der Waals surface area (Å²) in [6.07, 6.45) is -0.439. The van der Waals surface area contributed by atoms with E-state index in [1.54, 1.807) is 0 Å². The predicted octanol–water partition coefficient (Wildman–Crippen LogP) is -0.249. The van der Waals surface area contributed by atoms with E-state index >= 15 is 0 Å². The normalized spacial score (nSPS) is 12.1. The molecule has 0 aliphatic heterocycles. The van der Waals surface area contributed by atoms with E-state index in [4.69, 9.17) is 10.2 Å². The van der Waals surface area contributed by atoms with Gasteiger partial charge in [-0.05, 0) is 0 Å². The highest BCUT2D eigenvalue weighted by Crippen LogP contribution is 2.02. The molecule has 5 nitrogen and oxygen atoms in total. The van der Waals surface area contributed by atoms with Gasteiger partial charge in [-0.2, -0.15) is 0 Å². The van der Waals surface area contributed by atoms with Gasteiger partial charge in [-0.1, -0.05) is 6.92 Å². The SMILES string of the molecule is C[C@H](CC(=O)O)C(=O)C(=O)O. The van der Waals surface area contributed by atoms with Crippen molar-refractivity contribution < 1.29 is 24.6 Å². The number of ketones is 1. The Bertz CT molecular complexity index is 195. The second-order valence-corrected chi connectivity index (χ2v) is 2.17. The van der Waals surface area contributed by atoms with Gasteiger partial charge in [-0.25, -0.2) is 4.79 Å². The van der Waals surface area contributed by atoms with E-state index in [1.165, 1.54) is 6.92 Å². The molecule has 0 aromatic heterocycles. The standard InChI is InChI=1S/C6H8O5/c1-3(2-4(7)8)5(9)6(10)11/h3H,2H2,1H3,(H,7,8)(H,10,11)/t3-/m1/s1. The Morgan fingerprint density at radius 3 is 2.00 bits per heavy atom. The summed E-state index contributed by atoms with van der Waals surface area (Å²) in [7, 11) is 0. The van der Waals surface area contributed by atoms with Gasteiger partial charge in [0.05, 0.1) is 6.42 Å². The van der Waals surface area contributed by atoms with Crippen LogP contribution in [-0.4, -0.2) is 27.9 Å². The van der Waals surface area contributed by atoms with Crippen LogP contribution in [0.3, 0.4) is 0 Å². The second-order valence-electron chi connectivity index (χ2n) is 2.17. The summed E-state index contributed by atoms with van der Waals surface area (Å²) in [6, 6.07) is 0. The molecular formula is C6H8O5. The molecule has 0 spiro atoms. The molecule has 0 heterocycles. The molecule has 11 heavy (non-hydrogen) atoms. The maximum atomic E-state index is 10.5. The molecule has 0 fully saturated rings. The van der Waals surface area contributed by atoms with Gasteiger partial charge in [-0.3, -0.25) is 9.59 Å². The van der Waals surface area contributed by atoms with Crippen LogP contribution in [0.4, 0.5) is 0 Å². The smallest absolute Gasteiger partial charge is 0.372 e. The lowest BCUT2D eigenvalue weighted by molar-refractivity contribution is -0.152. The molecule has 0 aromatic carbocycles. The van der Waals surface area contributed by atoms with E-state index in [1.807, 2.05) is 0 Å². The summed E-state index contributed by atoms with van der Waals surface area (Å²) in [5.74, 6) is -4.77. The molecule has 0 unspecified atom stereocenters. The summed E-state index contributed by atoms with van der Waals surface area (Å²) in [4.78, 5) is 30.5. The third kappa shape index (κ3) is 3.34. The Morgan fingerprint density at radius 1 is 1.27 bits per heavy atom. The van der Waals surface area contributed by atoms with Gasteiger partial charge in [0, 0.05) is 5.92 Å². The molecule has 0 radical (unpaired) electrons. The molecule has 0 aliphatic rings. The molecule has 0 bridgehead atoms. The second kappa shape index (κ2) is 3.70. The van der Waals surface area contributed by atoms with E-state index in [0.717, 1.165) is 0 Å². The average molecular weight is 160 g/mol. The Balaban J connectivity index is 4.03. The van der Waals surface area contributed by atoms with Crippen LogP contribution in [-0.2, 0) is 14.4 Å². The number of hydrogen-bond donors (Lipinski definition) is 2. The van der Waals surface area contributed by atoms with Crippen molar-refractivity contribution in [2.24, 2.45) is 5.92 Å². The van der Waals surface area contributed by atoms with Gasteiger partial charge in [0.15, 0.2) is 0 Å². The molecule has 0 aromatic rings. The van der Waals surface area contributed by atoms with Crippen LogP contribution in [0.5, 0.6) is 0 Å². The van der Waals surface area contributed by atoms with E-state index in [0.29, 0.717) is 0 Å². The summed E-state index contributed by atoms with van der Waals surface area (Å²) >= 11 is 0. The van der Waals surface area contributed by atoms with Crippen molar-refractivity contribution in [3.05, 3.63) is 0 Å². The number of carbonyl (C=O) groups excluding carboxylic acids is 1. The van der Waals surface area contributed by atoms with Crippen LogP contribution in [0.25, 0.3) is 0 Å². The minimum Gasteiger partial charge on any atom is -0.481 e. The first kappa shape index (κ1) is 9.61. The summed E-state index contributed by atoms with van der Waals surface area (Å²) < 4.78 is 0. The largest absolute Gasteiger partial charge is 0.481 e. The number of aliphatic carboxylic acids is 2. The first-order valence-corrected chi connectivity index (χ1v) is 2.94. The Labute approximate surface area is 62.6 Å². The summed E-state index contributed by atoms with van der Waals surface area (Å²) in [6.45, 7) is 1.27. The van der Waals surface area contributed by atoms with Crippen LogP contribution in [0.15, 0.2) is 0 Å². The third-order valence-corrected chi connectivity index (χ3v) is 1.14. The van der Waals surface area contributed by atoms with E-state index in [2.05, 4.69) is 0 Å². The quantitative estimate of drug-likeness (QED) is 0.553. The topological polar surface area (TPSA) is 91.7 Å². The van der Waals surface area contributed by atoms with Gasteiger partial charge >= 0.3 is 11.9 Å². The third-order valence-electron chi connectivity index (χ3n) is 1.14. The monoisotopic (exact) mass is 160 g/mol. The number of carboxylic acids is 2. The molecule has 0 saturated carbocycles. The van der Waals surface area contributed by atoms with Crippen molar-refractivity contribution in [3.63, 3.8) is 0 Å². The number of carboxylic acid groups (broad SMARTS) is 2. The lowest BCUT2D eigenvalue weighted by Gasteiger charge is -2.01. The van der Waals surface area contributed by atoms with Gasteiger partial charge in [0.1, 0.15) is 0 Å². The minimum absolute atomic E-state index is 0.439. The molecule has 1 atom stereocenters. The van der Waals surface area contributed by atoms with Crippen LogP contribution in [0.2, 0.25) is 0 Å². The molecular weight excluding hydrogens is 152 g/mol. The van der Waals surface area contributed by atoms with Gasteiger partial charge in [-0.15, -0.1) is 0 Å². The Morgan fingerprint density at radius 2 is 1.73 bits per heavy atom. The van der Waals surface area contributed by atoms with Crippen molar-refractivity contribution in [3.8, 4) is 0 Å². The highest BCUT2D eigenvalue weighted by atomic mass is 16.4. The van der Waals surface area contributed by atoms with Crippen LogP contribution < -0.4 is 0 Å². The van der Waals surface area contributed by atoms with Crippen molar-refractivity contribution in [1.82, 2.24) is 0 Å². The fourth-order valence-electron chi connectivity index (χ4n) is 0.565. The van der Waals surface area contributed by atoms with Crippen molar-refractivity contribution in [2.45, 2.75) is 13.3 Å². The summed E-state index contributed by atoms with van der Waals surface area (Å²) in [5, 5.41) is 16.3. The summed E-state index contributed by atoms with van der Waals surface area (Å²) in [5.41, 5.74) is 0. The highest BCUT2D eigenvalue weighted by molar-refractivity contribution is 6.33. The van der Waals surface area contributed by atoms with E-state index in [9.17, 15) is 14.4 Å². The number of rotatable bonds is 4. The average Bonchev–Trinajstić information content (AvgIpc) is 1.84. The highest BCUT2D eigenvalue weighted by Gasteiger charge is 2.22. The van der Waals surface area contributed by atoms with Gasteiger partial charge in [0.25, 0.3) is 0 Å². The minimum atomic E-state index is -1.58. The predicted molar refractivity (Wildman–Crippen MR) is 34.1 cm³/mol. The Hall–Kier alpha value is -1.39.